The Kier molecular flexibility index (Phi) is 56.7. The maximum atomic E-state index is 12.9. The highest BCUT2D eigenvalue weighted by Gasteiger charge is 2.19. The molecule has 408 valence electrons. The molecule has 0 fully saturated rings. The van der Waals surface area contributed by atoms with Gasteiger partial charge in [-0.15, -0.1) is 0 Å². The van der Waals surface area contributed by atoms with Crippen LogP contribution in [0.4, 0.5) is 0 Å². The molecule has 0 aromatic rings. The van der Waals surface area contributed by atoms with Crippen molar-refractivity contribution in [2.75, 3.05) is 13.2 Å². The van der Waals surface area contributed by atoms with Gasteiger partial charge in [0.2, 0.25) is 0 Å². The number of rotatable bonds is 56. The number of carbonyl (C=O) groups is 3. The summed E-state index contributed by atoms with van der Waals surface area (Å²) in [7, 11) is 0. The summed E-state index contributed by atoms with van der Waals surface area (Å²) in [6.45, 7) is 6.62. The molecule has 0 N–H and O–H groups in total. The Balaban J connectivity index is 4.35. The van der Waals surface area contributed by atoms with Gasteiger partial charge in [0.25, 0.3) is 0 Å². The minimum atomic E-state index is -0.778. The molecule has 0 amide bonds. The van der Waals surface area contributed by atoms with E-state index in [0.29, 0.717) is 19.3 Å². The normalized spacial score (nSPS) is 12.3. The van der Waals surface area contributed by atoms with Crippen LogP contribution in [0.25, 0.3) is 0 Å². The zero-order valence-electron chi connectivity index (χ0n) is 46.8. The van der Waals surface area contributed by atoms with E-state index in [2.05, 4.69) is 69.4 Å². The summed E-state index contributed by atoms with van der Waals surface area (Å²) in [4.78, 5) is 38.3. The molecule has 1 unspecified atom stereocenters. The molecule has 70 heavy (non-hydrogen) atoms. The Bertz CT molecular complexity index is 1220. The van der Waals surface area contributed by atoms with Crippen LogP contribution in [0.3, 0.4) is 0 Å². The fraction of sp³-hybridized carbons (Fsp3) is 0.828. The van der Waals surface area contributed by atoms with E-state index < -0.39 is 6.10 Å². The second-order valence-electron chi connectivity index (χ2n) is 20.7. The summed E-state index contributed by atoms with van der Waals surface area (Å²) >= 11 is 0. The smallest absolute Gasteiger partial charge is 0.306 e. The van der Waals surface area contributed by atoms with Crippen LogP contribution in [0.5, 0.6) is 0 Å². The molecule has 6 heteroatoms. The van der Waals surface area contributed by atoms with Gasteiger partial charge in [-0.25, -0.2) is 0 Å². The van der Waals surface area contributed by atoms with Gasteiger partial charge in [-0.3, -0.25) is 14.4 Å². The Morgan fingerprint density at radius 3 is 0.786 bits per heavy atom. The van der Waals surface area contributed by atoms with Gasteiger partial charge in [-0.1, -0.05) is 281 Å². The summed E-state index contributed by atoms with van der Waals surface area (Å²) in [5, 5.41) is 0. The van der Waals surface area contributed by atoms with Gasteiger partial charge < -0.3 is 14.2 Å². The second-order valence-corrected chi connectivity index (χ2v) is 20.7. The summed E-state index contributed by atoms with van der Waals surface area (Å²) in [5.74, 6) is -0.871. The molecule has 0 spiro atoms. The number of unbranched alkanes of at least 4 members (excludes halogenated alkanes) is 39. The maximum Gasteiger partial charge on any atom is 0.306 e. The lowest BCUT2D eigenvalue weighted by Crippen LogP contribution is -2.30. The summed E-state index contributed by atoms with van der Waals surface area (Å²) in [5.41, 5.74) is 0. The van der Waals surface area contributed by atoms with Crippen LogP contribution >= 0.6 is 0 Å². The molecule has 0 saturated heterocycles. The maximum absolute atomic E-state index is 12.9. The van der Waals surface area contributed by atoms with E-state index >= 15 is 0 Å². The van der Waals surface area contributed by atoms with Crippen molar-refractivity contribution in [1.82, 2.24) is 0 Å². The van der Waals surface area contributed by atoms with Crippen LogP contribution in [0.15, 0.2) is 48.6 Å². The van der Waals surface area contributed by atoms with Crippen molar-refractivity contribution in [3.8, 4) is 0 Å². The van der Waals surface area contributed by atoms with Crippen molar-refractivity contribution in [1.29, 1.82) is 0 Å². The monoisotopic (exact) mass is 981 g/mol. The molecule has 0 aromatic heterocycles. The molecule has 0 heterocycles. The van der Waals surface area contributed by atoms with E-state index in [1.807, 2.05) is 0 Å². The molecule has 0 radical (unpaired) electrons. The predicted molar refractivity (Wildman–Crippen MR) is 302 cm³/mol. The molecule has 6 nitrogen and oxygen atoms in total. The second kappa shape index (κ2) is 58.9. The fourth-order valence-electron chi connectivity index (χ4n) is 8.96. The number of ether oxygens (including phenoxy) is 3. The first kappa shape index (κ1) is 67.4. The van der Waals surface area contributed by atoms with Gasteiger partial charge in [-0.2, -0.15) is 0 Å². The molecule has 0 aliphatic heterocycles. The molecule has 1 atom stereocenters. The molecule has 0 aliphatic rings. The topological polar surface area (TPSA) is 78.9 Å². The van der Waals surface area contributed by atoms with Gasteiger partial charge in [-0.05, 0) is 70.6 Å². The molecule has 0 aliphatic carbocycles. The van der Waals surface area contributed by atoms with Crippen LogP contribution in [-0.2, 0) is 28.6 Å². The third kappa shape index (κ3) is 56.3. The van der Waals surface area contributed by atoms with E-state index in [0.717, 1.165) is 64.2 Å². The third-order valence-electron chi connectivity index (χ3n) is 13.6. The standard InChI is InChI=1S/C64H116O6/c1-4-7-10-13-16-19-22-25-28-30-32-34-36-39-42-45-48-51-54-57-63(66)69-60-61(59-68-62(65)56-53-50-47-44-41-38-35-27-24-21-18-15-12-9-6-3)70-64(67)58-55-52-49-46-43-40-37-33-31-29-26-23-20-17-14-11-8-5-2/h16,18-19,21-22,24-25,27,61H,4-15,17,20,23,26,28-60H2,1-3H3/b19-16-,21-18-,25-22-,27-24-. The van der Waals surface area contributed by atoms with Crippen molar-refractivity contribution in [2.24, 2.45) is 0 Å². The van der Waals surface area contributed by atoms with Gasteiger partial charge in [0, 0.05) is 19.3 Å². The molecule has 0 aromatic carbocycles. The van der Waals surface area contributed by atoms with Crippen molar-refractivity contribution in [2.45, 2.75) is 329 Å². The number of carbonyl (C=O) groups excluding carboxylic acids is 3. The van der Waals surface area contributed by atoms with Gasteiger partial charge in [0.05, 0.1) is 0 Å². The minimum absolute atomic E-state index is 0.0755. The van der Waals surface area contributed by atoms with Crippen molar-refractivity contribution in [3.05, 3.63) is 48.6 Å². The minimum Gasteiger partial charge on any atom is -0.462 e. The lowest BCUT2D eigenvalue weighted by Gasteiger charge is -2.18. The highest BCUT2D eigenvalue weighted by Crippen LogP contribution is 2.17. The van der Waals surface area contributed by atoms with Crippen molar-refractivity contribution in [3.63, 3.8) is 0 Å². The predicted octanol–water partition coefficient (Wildman–Crippen LogP) is 20.6. The molecule has 0 saturated carbocycles. The zero-order chi connectivity index (χ0) is 50.7. The number of esters is 3. The number of hydrogen-bond acceptors (Lipinski definition) is 6. The van der Waals surface area contributed by atoms with Gasteiger partial charge >= 0.3 is 17.9 Å². The quantitative estimate of drug-likeness (QED) is 0.0261. The largest absolute Gasteiger partial charge is 0.462 e. The average molecular weight is 982 g/mol. The molecule has 0 bridgehead atoms. The van der Waals surface area contributed by atoms with E-state index in [1.54, 1.807) is 0 Å². The van der Waals surface area contributed by atoms with Crippen LogP contribution < -0.4 is 0 Å². The van der Waals surface area contributed by atoms with Crippen LogP contribution in [0.1, 0.15) is 323 Å². The lowest BCUT2D eigenvalue weighted by atomic mass is 10.0. The highest BCUT2D eigenvalue weighted by atomic mass is 16.6. The summed E-state index contributed by atoms with van der Waals surface area (Å²) in [6.07, 6.45) is 72.4. The molecular weight excluding hydrogens is 865 g/mol. The average Bonchev–Trinajstić information content (AvgIpc) is 3.36. The lowest BCUT2D eigenvalue weighted by molar-refractivity contribution is -0.167. The molecular formula is C64H116O6. The Hall–Kier alpha value is -2.63. The van der Waals surface area contributed by atoms with Crippen LogP contribution in [-0.4, -0.2) is 37.2 Å². The van der Waals surface area contributed by atoms with Crippen LogP contribution in [0, 0.1) is 0 Å². The Labute approximate surface area is 435 Å². The van der Waals surface area contributed by atoms with E-state index in [1.165, 1.54) is 218 Å². The van der Waals surface area contributed by atoms with Gasteiger partial charge in [0.1, 0.15) is 13.2 Å². The van der Waals surface area contributed by atoms with Crippen LogP contribution in [0.2, 0.25) is 0 Å². The Morgan fingerprint density at radius 1 is 0.286 bits per heavy atom. The van der Waals surface area contributed by atoms with E-state index in [9.17, 15) is 14.4 Å². The van der Waals surface area contributed by atoms with Crippen molar-refractivity contribution < 1.29 is 28.6 Å². The highest BCUT2D eigenvalue weighted by molar-refractivity contribution is 5.71. The third-order valence-corrected chi connectivity index (χ3v) is 13.6. The van der Waals surface area contributed by atoms with E-state index in [4.69, 9.17) is 14.2 Å². The van der Waals surface area contributed by atoms with E-state index in [-0.39, 0.29) is 31.1 Å². The van der Waals surface area contributed by atoms with Crippen molar-refractivity contribution >= 4 is 17.9 Å². The number of hydrogen-bond donors (Lipinski definition) is 0. The first-order chi connectivity index (χ1) is 34.5. The first-order valence-corrected chi connectivity index (χ1v) is 30.7. The Morgan fingerprint density at radius 2 is 0.500 bits per heavy atom. The summed E-state index contributed by atoms with van der Waals surface area (Å²) < 4.78 is 16.9. The van der Waals surface area contributed by atoms with Gasteiger partial charge in [0.15, 0.2) is 6.10 Å². The first-order valence-electron chi connectivity index (χ1n) is 30.7. The SMILES string of the molecule is CCCCC/C=C\C=C/CCCCCCCCCCCCC(=O)OCC(COC(=O)CCCCCCCC/C=C\C=C/CCCCC)OC(=O)CCCCCCCCCCCCCCCCCCCC. The number of allylic oxidation sites excluding steroid dienone is 8. The zero-order valence-corrected chi connectivity index (χ0v) is 46.8. The summed E-state index contributed by atoms with van der Waals surface area (Å²) in [6, 6.07) is 0. The molecule has 0 rings (SSSR count). The fourth-order valence-corrected chi connectivity index (χ4v) is 8.96.